The summed E-state index contributed by atoms with van der Waals surface area (Å²) < 4.78 is 0. The fourth-order valence-corrected chi connectivity index (χ4v) is 2.17. The van der Waals surface area contributed by atoms with Gasteiger partial charge in [0, 0.05) is 19.1 Å². The Morgan fingerprint density at radius 1 is 1.53 bits per heavy atom. The van der Waals surface area contributed by atoms with Gasteiger partial charge in [0.1, 0.15) is 0 Å². The number of aliphatic hydroxyl groups is 1. The van der Waals surface area contributed by atoms with Gasteiger partial charge in [-0.2, -0.15) is 0 Å². The highest BCUT2D eigenvalue weighted by Crippen LogP contribution is 2.39. The molecule has 1 fully saturated rings. The minimum Gasteiger partial charge on any atom is -0.394 e. The third-order valence-corrected chi connectivity index (χ3v) is 4.30. The number of aliphatic hydroxyl groups excluding tert-OH is 1. The number of nitrogens with one attached hydrogen (secondary N) is 2. The summed E-state index contributed by atoms with van der Waals surface area (Å²) in [6.07, 6.45) is 3.29. The monoisotopic (exact) mass is 271 g/mol. The quantitative estimate of drug-likeness (QED) is 0.621. The van der Waals surface area contributed by atoms with Crippen LogP contribution in [0.15, 0.2) is 0 Å². The number of likely N-dealkylation sites (N-methyl/N-ethyl adjacent to an activating group) is 1. The SMILES string of the molecule is CCC(C)N(C)CCNC(=O)NC(C)(CO)C1CC1. The number of hydrogen-bond donors (Lipinski definition) is 3. The van der Waals surface area contributed by atoms with Crippen LogP contribution < -0.4 is 10.6 Å². The zero-order valence-electron chi connectivity index (χ0n) is 12.7. The predicted molar refractivity (Wildman–Crippen MR) is 77.1 cm³/mol. The molecule has 1 aliphatic carbocycles. The van der Waals surface area contributed by atoms with Crippen molar-refractivity contribution >= 4 is 6.03 Å². The van der Waals surface area contributed by atoms with Crippen LogP contribution in [-0.4, -0.2) is 54.4 Å². The normalized spacial score (nSPS) is 19.9. The smallest absolute Gasteiger partial charge is 0.315 e. The summed E-state index contributed by atoms with van der Waals surface area (Å²) in [5.74, 6) is 0.422. The third-order valence-electron chi connectivity index (χ3n) is 4.30. The van der Waals surface area contributed by atoms with Crippen molar-refractivity contribution in [2.45, 2.75) is 51.6 Å². The van der Waals surface area contributed by atoms with Crippen LogP contribution in [0.3, 0.4) is 0 Å². The van der Waals surface area contributed by atoms with Gasteiger partial charge in [0.2, 0.25) is 0 Å². The van der Waals surface area contributed by atoms with Crippen LogP contribution in [0.4, 0.5) is 4.79 Å². The second-order valence-corrected chi connectivity index (χ2v) is 5.97. The van der Waals surface area contributed by atoms with Gasteiger partial charge in [0.15, 0.2) is 0 Å². The molecule has 2 unspecified atom stereocenters. The molecule has 2 amide bonds. The Balaban J connectivity index is 2.24. The van der Waals surface area contributed by atoms with Gasteiger partial charge in [-0.05, 0) is 46.1 Å². The maximum Gasteiger partial charge on any atom is 0.315 e. The summed E-state index contributed by atoms with van der Waals surface area (Å²) in [5, 5.41) is 15.2. The zero-order chi connectivity index (χ0) is 14.5. The number of hydrogen-bond acceptors (Lipinski definition) is 3. The van der Waals surface area contributed by atoms with Crippen molar-refractivity contribution in [3.8, 4) is 0 Å². The van der Waals surface area contributed by atoms with Gasteiger partial charge in [-0.15, -0.1) is 0 Å². The van der Waals surface area contributed by atoms with E-state index in [2.05, 4.69) is 36.4 Å². The lowest BCUT2D eigenvalue weighted by atomic mass is 9.97. The van der Waals surface area contributed by atoms with E-state index in [1.54, 1.807) is 0 Å². The lowest BCUT2D eigenvalue weighted by Crippen LogP contribution is -2.54. The Hall–Kier alpha value is -0.810. The number of amides is 2. The minimum atomic E-state index is -0.466. The summed E-state index contributed by atoms with van der Waals surface area (Å²) in [7, 11) is 2.07. The van der Waals surface area contributed by atoms with Gasteiger partial charge < -0.3 is 20.6 Å². The molecule has 19 heavy (non-hydrogen) atoms. The van der Waals surface area contributed by atoms with Crippen molar-refractivity contribution < 1.29 is 9.90 Å². The Labute approximate surface area is 116 Å². The average Bonchev–Trinajstić information content (AvgIpc) is 3.21. The van der Waals surface area contributed by atoms with Crippen molar-refractivity contribution in [1.82, 2.24) is 15.5 Å². The molecule has 0 aliphatic heterocycles. The summed E-state index contributed by atoms with van der Waals surface area (Å²) in [4.78, 5) is 14.0. The molecule has 5 nitrogen and oxygen atoms in total. The van der Waals surface area contributed by atoms with E-state index in [1.807, 2.05) is 6.92 Å². The Morgan fingerprint density at radius 2 is 2.16 bits per heavy atom. The molecule has 2 atom stereocenters. The van der Waals surface area contributed by atoms with E-state index in [-0.39, 0.29) is 12.6 Å². The van der Waals surface area contributed by atoms with Gasteiger partial charge in [-0.1, -0.05) is 6.92 Å². The Bertz CT molecular complexity index is 294. The van der Waals surface area contributed by atoms with Gasteiger partial charge in [-0.3, -0.25) is 0 Å². The van der Waals surface area contributed by atoms with Gasteiger partial charge >= 0.3 is 6.03 Å². The highest BCUT2D eigenvalue weighted by atomic mass is 16.3. The van der Waals surface area contributed by atoms with E-state index in [0.29, 0.717) is 18.5 Å². The first-order valence-corrected chi connectivity index (χ1v) is 7.30. The fraction of sp³-hybridized carbons (Fsp3) is 0.929. The molecular weight excluding hydrogens is 242 g/mol. The van der Waals surface area contributed by atoms with Crippen LogP contribution in [0.1, 0.15) is 40.0 Å². The van der Waals surface area contributed by atoms with Crippen LogP contribution >= 0.6 is 0 Å². The molecule has 0 heterocycles. The van der Waals surface area contributed by atoms with E-state index in [4.69, 9.17) is 0 Å². The number of rotatable bonds is 8. The molecule has 0 bridgehead atoms. The van der Waals surface area contributed by atoms with Crippen molar-refractivity contribution in [2.24, 2.45) is 5.92 Å². The molecule has 1 saturated carbocycles. The highest BCUT2D eigenvalue weighted by molar-refractivity contribution is 5.74. The molecule has 5 heteroatoms. The van der Waals surface area contributed by atoms with Gasteiger partial charge in [-0.25, -0.2) is 4.79 Å². The molecule has 3 N–H and O–H groups in total. The van der Waals surface area contributed by atoms with E-state index in [0.717, 1.165) is 25.8 Å². The van der Waals surface area contributed by atoms with Crippen LogP contribution in [0.25, 0.3) is 0 Å². The largest absolute Gasteiger partial charge is 0.394 e. The van der Waals surface area contributed by atoms with Crippen molar-refractivity contribution in [1.29, 1.82) is 0 Å². The van der Waals surface area contributed by atoms with Gasteiger partial charge in [0.25, 0.3) is 0 Å². The molecule has 1 rings (SSSR count). The predicted octanol–water partition coefficient (Wildman–Crippen LogP) is 1.18. The number of carbonyl (C=O) groups excluding carboxylic acids is 1. The maximum atomic E-state index is 11.8. The second kappa shape index (κ2) is 7.10. The first kappa shape index (κ1) is 16.2. The first-order chi connectivity index (χ1) is 8.92. The van der Waals surface area contributed by atoms with Crippen LogP contribution in [0, 0.1) is 5.92 Å². The van der Waals surface area contributed by atoms with E-state index < -0.39 is 5.54 Å². The summed E-state index contributed by atoms with van der Waals surface area (Å²) in [6.45, 7) is 7.70. The third kappa shape index (κ3) is 4.99. The topological polar surface area (TPSA) is 64.6 Å². The molecule has 0 aromatic carbocycles. The summed E-state index contributed by atoms with van der Waals surface area (Å²) in [6, 6.07) is 0.347. The summed E-state index contributed by atoms with van der Waals surface area (Å²) >= 11 is 0. The molecule has 1 aliphatic rings. The van der Waals surface area contributed by atoms with E-state index in [9.17, 15) is 9.90 Å². The van der Waals surface area contributed by atoms with Crippen molar-refractivity contribution in [2.75, 3.05) is 26.7 Å². The fourth-order valence-electron chi connectivity index (χ4n) is 2.17. The Kier molecular flexibility index (Phi) is 6.07. The Morgan fingerprint density at radius 3 is 2.63 bits per heavy atom. The molecule has 0 saturated heterocycles. The van der Waals surface area contributed by atoms with Crippen molar-refractivity contribution in [3.05, 3.63) is 0 Å². The summed E-state index contributed by atoms with van der Waals surface area (Å²) in [5.41, 5.74) is -0.466. The minimum absolute atomic E-state index is 0.00212. The molecule has 0 spiro atoms. The average molecular weight is 271 g/mol. The number of urea groups is 1. The molecule has 0 aromatic heterocycles. The standard InChI is InChI=1S/C14H29N3O2/c1-5-11(2)17(4)9-8-15-13(19)16-14(3,10-18)12-6-7-12/h11-12,18H,5-10H2,1-4H3,(H2,15,16,19). The van der Waals surface area contributed by atoms with Crippen LogP contribution in [-0.2, 0) is 0 Å². The van der Waals surface area contributed by atoms with Gasteiger partial charge in [0.05, 0.1) is 12.1 Å². The van der Waals surface area contributed by atoms with Crippen molar-refractivity contribution in [3.63, 3.8) is 0 Å². The van der Waals surface area contributed by atoms with E-state index >= 15 is 0 Å². The molecule has 112 valence electrons. The van der Waals surface area contributed by atoms with Crippen LogP contribution in [0.2, 0.25) is 0 Å². The first-order valence-electron chi connectivity index (χ1n) is 7.30. The highest BCUT2D eigenvalue weighted by Gasteiger charge is 2.42. The van der Waals surface area contributed by atoms with E-state index in [1.165, 1.54) is 0 Å². The van der Waals surface area contributed by atoms with Crippen LogP contribution in [0.5, 0.6) is 0 Å². The maximum absolute atomic E-state index is 11.8. The lowest BCUT2D eigenvalue weighted by Gasteiger charge is -2.29. The molecule has 0 radical (unpaired) electrons. The number of nitrogens with zero attached hydrogens (tertiary/aromatic N) is 1. The molecule has 0 aromatic rings. The molecular formula is C14H29N3O2. The lowest BCUT2D eigenvalue weighted by molar-refractivity contribution is 0.154. The number of carbonyl (C=O) groups is 1. The zero-order valence-corrected chi connectivity index (χ0v) is 12.7. The second-order valence-electron chi connectivity index (χ2n) is 5.97.